The summed E-state index contributed by atoms with van der Waals surface area (Å²) in [6.07, 6.45) is 0.932. The Morgan fingerprint density at radius 2 is 2.10 bits per heavy atom. The van der Waals surface area contributed by atoms with Crippen LogP contribution in [0.2, 0.25) is 0 Å². The number of nitrogens with two attached hydrogens (primary N) is 1. The molecule has 0 saturated heterocycles. The highest BCUT2D eigenvalue weighted by Gasteiger charge is 2.15. The minimum atomic E-state index is -3.81. The minimum Gasteiger partial charge on any atom is -0.320 e. The van der Waals surface area contributed by atoms with Gasteiger partial charge in [-0.15, -0.1) is 0 Å². The molecule has 1 aromatic carbocycles. The molecule has 0 atom stereocenters. The molecule has 1 aromatic heterocycles. The van der Waals surface area contributed by atoms with Crippen LogP contribution in [0.3, 0.4) is 0 Å². The lowest BCUT2D eigenvalue weighted by atomic mass is 10.2. The van der Waals surface area contributed by atoms with Crippen molar-refractivity contribution in [2.45, 2.75) is 4.90 Å². The van der Waals surface area contributed by atoms with Gasteiger partial charge in [-0.3, -0.25) is 4.72 Å². The van der Waals surface area contributed by atoms with Crippen LogP contribution >= 0.6 is 0 Å². The molecule has 2 aromatic rings. The number of hydrogen-bond acceptors (Lipinski definition) is 4. The summed E-state index contributed by atoms with van der Waals surface area (Å²) >= 11 is 0. The second kappa shape index (κ2) is 6.35. The van der Waals surface area contributed by atoms with E-state index < -0.39 is 15.8 Å². The highest BCUT2D eigenvalue weighted by Crippen LogP contribution is 2.15. The van der Waals surface area contributed by atoms with Crippen LogP contribution in [-0.4, -0.2) is 19.9 Å². The van der Waals surface area contributed by atoms with Crippen molar-refractivity contribution in [3.8, 4) is 11.8 Å². The summed E-state index contributed by atoms with van der Waals surface area (Å²) in [7, 11) is -3.81. The Kier molecular flexibility index (Phi) is 4.52. The van der Waals surface area contributed by atoms with Crippen molar-refractivity contribution < 1.29 is 12.8 Å². The van der Waals surface area contributed by atoms with Crippen LogP contribution in [0.25, 0.3) is 0 Å². The molecule has 1 heterocycles. The number of nitrogens with zero attached hydrogens (tertiary/aromatic N) is 1. The van der Waals surface area contributed by atoms with E-state index in [2.05, 4.69) is 21.5 Å². The summed E-state index contributed by atoms with van der Waals surface area (Å²) in [6.45, 7) is 0.189. The third kappa shape index (κ3) is 4.02. The van der Waals surface area contributed by atoms with E-state index >= 15 is 0 Å². The number of halogens is 1. The van der Waals surface area contributed by atoms with Gasteiger partial charge in [-0.25, -0.2) is 17.8 Å². The largest absolute Gasteiger partial charge is 0.320 e. The van der Waals surface area contributed by atoms with Crippen molar-refractivity contribution in [1.29, 1.82) is 0 Å². The molecule has 0 bridgehead atoms. The Morgan fingerprint density at radius 1 is 1.29 bits per heavy atom. The molecular formula is C14H12FN3O2S. The Bertz CT molecular complexity index is 793. The number of anilines is 1. The number of hydrogen-bond donors (Lipinski definition) is 2. The van der Waals surface area contributed by atoms with E-state index in [1.165, 1.54) is 18.2 Å². The molecule has 7 heteroatoms. The summed E-state index contributed by atoms with van der Waals surface area (Å²) in [6, 6.07) is 8.47. The van der Waals surface area contributed by atoms with Gasteiger partial charge in [0, 0.05) is 5.56 Å². The van der Waals surface area contributed by atoms with E-state index in [1.54, 1.807) is 12.1 Å². The van der Waals surface area contributed by atoms with E-state index in [0.29, 0.717) is 5.56 Å². The van der Waals surface area contributed by atoms with Gasteiger partial charge in [-0.2, -0.15) is 0 Å². The first-order valence-corrected chi connectivity index (χ1v) is 7.43. The van der Waals surface area contributed by atoms with Gasteiger partial charge < -0.3 is 5.73 Å². The molecule has 0 aliphatic heterocycles. The molecule has 0 aliphatic rings. The van der Waals surface area contributed by atoms with E-state index in [-0.39, 0.29) is 17.3 Å². The van der Waals surface area contributed by atoms with E-state index in [1.807, 2.05) is 0 Å². The normalized spacial score (nSPS) is 10.6. The zero-order valence-electron chi connectivity index (χ0n) is 10.9. The second-order valence-corrected chi connectivity index (χ2v) is 5.68. The van der Waals surface area contributed by atoms with E-state index in [4.69, 9.17) is 5.73 Å². The van der Waals surface area contributed by atoms with Crippen LogP contribution in [0.5, 0.6) is 0 Å². The average Bonchev–Trinajstić information content (AvgIpc) is 2.48. The molecule has 108 valence electrons. The molecule has 0 spiro atoms. The summed E-state index contributed by atoms with van der Waals surface area (Å²) < 4.78 is 39.4. The zero-order valence-corrected chi connectivity index (χ0v) is 11.7. The highest BCUT2D eigenvalue weighted by atomic mass is 32.2. The summed E-state index contributed by atoms with van der Waals surface area (Å²) in [5.41, 5.74) is 5.81. The quantitative estimate of drug-likeness (QED) is 0.838. The molecule has 3 N–H and O–H groups in total. The van der Waals surface area contributed by atoms with Gasteiger partial charge in [0.2, 0.25) is 0 Å². The Morgan fingerprint density at radius 3 is 2.76 bits per heavy atom. The maximum Gasteiger partial charge on any atom is 0.263 e. The maximum absolute atomic E-state index is 12.7. The lowest BCUT2D eigenvalue weighted by molar-refractivity contribution is 0.600. The monoisotopic (exact) mass is 305 g/mol. The number of pyridine rings is 1. The maximum atomic E-state index is 12.7. The van der Waals surface area contributed by atoms with Crippen LogP contribution in [0, 0.1) is 17.7 Å². The second-order valence-electron chi connectivity index (χ2n) is 4.00. The summed E-state index contributed by atoms with van der Waals surface area (Å²) in [5, 5.41) is 0. The van der Waals surface area contributed by atoms with Crippen LogP contribution in [0.15, 0.2) is 47.5 Å². The standard InChI is InChI=1S/C14H12FN3O2S/c15-12-6-7-14(17-10-12)18-21(19,20)13-5-1-3-11(9-13)4-2-8-16/h1,3,5-7,9-10H,8,16H2,(H,17,18). The Labute approximate surface area is 122 Å². The van der Waals surface area contributed by atoms with E-state index in [0.717, 1.165) is 12.3 Å². The first kappa shape index (κ1) is 15.0. The van der Waals surface area contributed by atoms with Gasteiger partial charge in [0.25, 0.3) is 10.0 Å². The van der Waals surface area contributed by atoms with Crippen molar-refractivity contribution in [2.75, 3.05) is 11.3 Å². The van der Waals surface area contributed by atoms with Gasteiger partial charge in [0.1, 0.15) is 11.6 Å². The minimum absolute atomic E-state index is 0.0369. The van der Waals surface area contributed by atoms with Gasteiger partial charge in [0.05, 0.1) is 17.6 Å². The summed E-state index contributed by atoms with van der Waals surface area (Å²) in [4.78, 5) is 3.69. The Balaban J connectivity index is 2.29. The van der Waals surface area contributed by atoms with Crippen molar-refractivity contribution in [2.24, 2.45) is 5.73 Å². The molecule has 5 nitrogen and oxygen atoms in total. The van der Waals surface area contributed by atoms with Crippen molar-refractivity contribution in [3.63, 3.8) is 0 Å². The molecule has 0 amide bonds. The fraction of sp³-hybridized carbons (Fsp3) is 0.0714. The number of benzene rings is 1. The highest BCUT2D eigenvalue weighted by molar-refractivity contribution is 7.92. The van der Waals surface area contributed by atoms with Crippen molar-refractivity contribution in [1.82, 2.24) is 4.98 Å². The molecular weight excluding hydrogens is 293 g/mol. The third-order valence-corrected chi connectivity index (χ3v) is 3.80. The molecule has 0 unspecified atom stereocenters. The smallest absolute Gasteiger partial charge is 0.263 e. The van der Waals surface area contributed by atoms with Gasteiger partial charge in [0.15, 0.2) is 0 Å². The average molecular weight is 305 g/mol. The van der Waals surface area contributed by atoms with Crippen LogP contribution in [0.4, 0.5) is 10.2 Å². The zero-order chi connectivity index (χ0) is 15.3. The lowest BCUT2D eigenvalue weighted by Crippen LogP contribution is -2.14. The molecule has 0 aliphatic carbocycles. The number of nitrogens with one attached hydrogen (secondary N) is 1. The molecule has 0 fully saturated rings. The number of aromatic nitrogens is 1. The predicted octanol–water partition coefficient (Wildman–Crippen LogP) is 1.33. The predicted molar refractivity (Wildman–Crippen MR) is 77.4 cm³/mol. The van der Waals surface area contributed by atoms with Crippen LogP contribution in [-0.2, 0) is 10.0 Å². The van der Waals surface area contributed by atoms with Crippen LogP contribution in [0.1, 0.15) is 5.56 Å². The van der Waals surface area contributed by atoms with Crippen molar-refractivity contribution >= 4 is 15.8 Å². The van der Waals surface area contributed by atoms with Crippen molar-refractivity contribution in [3.05, 3.63) is 54.0 Å². The molecule has 0 radical (unpaired) electrons. The fourth-order valence-electron chi connectivity index (χ4n) is 1.53. The molecule has 2 rings (SSSR count). The topological polar surface area (TPSA) is 85.1 Å². The van der Waals surface area contributed by atoms with Crippen LogP contribution < -0.4 is 10.5 Å². The first-order valence-electron chi connectivity index (χ1n) is 5.94. The van der Waals surface area contributed by atoms with Gasteiger partial charge in [-0.1, -0.05) is 17.9 Å². The number of sulfonamides is 1. The fourth-order valence-corrected chi connectivity index (χ4v) is 2.58. The SMILES string of the molecule is NCC#Cc1cccc(S(=O)(=O)Nc2ccc(F)cn2)c1. The van der Waals surface area contributed by atoms with Gasteiger partial charge >= 0.3 is 0 Å². The third-order valence-electron chi connectivity index (χ3n) is 2.45. The molecule has 0 saturated carbocycles. The van der Waals surface area contributed by atoms with E-state index in [9.17, 15) is 12.8 Å². The summed E-state index contributed by atoms with van der Waals surface area (Å²) in [5.74, 6) is 4.90. The lowest BCUT2D eigenvalue weighted by Gasteiger charge is -2.07. The molecule has 21 heavy (non-hydrogen) atoms. The number of rotatable bonds is 3. The first-order chi connectivity index (χ1) is 10.0. The Hall–Kier alpha value is -2.43. The van der Waals surface area contributed by atoms with Gasteiger partial charge in [-0.05, 0) is 30.3 Å².